The van der Waals surface area contributed by atoms with E-state index in [4.69, 9.17) is 23.6 Å². The summed E-state index contributed by atoms with van der Waals surface area (Å²) in [6.45, 7) is 5.98. The number of nitrogens with one attached hydrogen (secondary N) is 1. The maximum absolute atomic E-state index is 6.12. The molecule has 3 fully saturated rings. The molecule has 4 rings (SSSR count). The van der Waals surface area contributed by atoms with Gasteiger partial charge in [-0.05, 0) is 50.7 Å². The Kier molecular flexibility index (Phi) is 7.84. The molecule has 3 aliphatic heterocycles. The number of ether oxygens (including phenoxy) is 3. The Morgan fingerprint density at radius 3 is 2.59 bits per heavy atom. The zero-order chi connectivity index (χ0) is 19.7. The van der Waals surface area contributed by atoms with Gasteiger partial charge in [0.25, 0.3) is 0 Å². The highest BCUT2D eigenvalue weighted by Gasteiger charge is 2.25. The molecule has 1 aromatic heterocycles. The number of nitrogens with zero attached hydrogens (tertiary/aromatic N) is 2. The van der Waals surface area contributed by atoms with Crippen LogP contribution in [0.2, 0.25) is 0 Å². The summed E-state index contributed by atoms with van der Waals surface area (Å²) in [6, 6.07) is 3.95. The standard InChI is InChI=1S/C22H35N3O4/c1-4-18(26-13-1)7-10-23-22(24-16-20-5-2-14-27-20)25-11-8-19(9-12-25)29-17-21-6-3-15-28-21/h1,4,13,19-21H,2-3,5-12,14-17H2,(H,23,24). The van der Waals surface area contributed by atoms with Crippen LogP contribution in [-0.2, 0) is 20.6 Å². The van der Waals surface area contributed by atoms with Gasteiger partial charge >= 0.3 is 0 Å². The quantitative estimate of drug-likeness (QED) is 0.530. The molecule has 29 heavy (non-hydrogen) atoms. The molecule has 7 nitrogen and oxygen atoms in total. The molecular formula is C22H35N3O4. The number of guanidine groups is 1. The minimum absolute atomic E-state index is 0.268. The van der Waals surface area contributed by atoms with Gasteiger partial charge in [0, 0.05) is 39.3 Å². The van der Waals surface area contributed by atoms with E-state index in [1.54, 1.807) is 6.26 Å². The first-order chi connectivity index (χ1) is 14.4. The van der Waals surface area contributed by atoms with E-state index in [2.05, 4.69) is 10.2 Å². The van der Waals surface area contributed by atoms with E-state index in [1.165, 1.54) is 6.42 Å². The summed E-state index contributed by atoms with van der Waals surface area (Å²) in [5, 5.41) is 3.54. The summed E-state index contributed by atoms with van der Waals surface area (Å²) >= 11 is 0. The first-order valence-corrected chi connectivity index (χ1v) is 11.3. The van der Waals surface area contributed by atoms with Crippen LogP contribution in [0.1, 0.15) is 44.3 Å². The molecule has 1 N–H and O–H groups in total. The number of hydrogen-bond acceptors (Lipinski definition) is 5. The molecular weight excluding hydrogens is 370 g/mol. The average molecular weight is 406 g/mol. The minimum atomic E-state index is 0.268. The highest BCUT2D eigenvalue weighted by molar-refractivity contribution is 5.80. The van der Waals surface area contributed by atoms with Crippen LogP contribution in [0.25, 0.3) is 0 Å². The van der Waals surface area contributed by atoms with Crippen LogP contribution in [0.15, 0.2) is 27.8 Å². The van der Waals surface area contributed by atoms with E-state index in [9.17, 15) is 0 Å². The van der Waals surface area contributed by atoms with Crippen molar-refractivity contribution in [1.29, 1.82) is 0 Å². The summed E-state index contributed by atoms with van der Waals surface area (Å²) in [6.07, 6.45) is 10.1. The Labute approximate surface area is 173 Å². The second-order valence-corrected chi connectivity index (χ2v) is 8.21. The van der Waals surface area contributed by atoms with Gasteiger partial charge in [-0.1, -0.05) is 0 Å². The number of rotatable bonds is 8. The fourth-order valence-electron chi connectivity index (χ4n) is 4.25. The lowest BCUT2D eigenvalue weighted by atomic mass is 10.1. The number of likely N-dealkylation sites (tertiary alicyclic amines) is 1. The predicted octanol–water partition coefficient (Wildman–Crippen LogP) is 2.61. The third kappa shape index (κ3) is 6.46. The van der Waals surface area contributed by atoms with Crippen LogP contribution in [-0.4, -0.2) is 75.2 Å². The summed E-state index contributed by atoms with van der Waals surface area (Å²) < 4.78 is 23.0. The minimum Gasteiger partial charge on any atom is -0.469 e. The van der Waals surface area contributed by atoms with Gasteiger partial charge in [0.2, 0.25) is 0 Å². The third-order valence-electron chi connectivity index (χ3n) is 5.99. The molecule has 0 amide bonds. The van der Waals surface area contributed by atoms with Crippen LogP contribution >= 0.6 is 0 Å². The number of piperidine rings is 1. The van der Waals surface area contributed by atoms with Gasteiger partial charge in [0.05, 0.1) is 37.7 Å². The van der Waals surface area contributed by atoms with Gasteiger partial charge in [-0.3, -0.25) is 4.99 Å². The van der Waals surface area contributed by atoms with Crippen LogP contribution in [0.4, 0.5) is 0 Å². The van der Waals surface area contributed by atoms with Crippen molar-refractivity contribution >= 4 is 5.96 Å². The van der Waals surface area contributed by atoms with Crippen molar-refractivity contribution in [3.8, 4) is 0 Å². The monoisotopic (exact) mass is 405 g/mol. The summed E-state index contributed by atoms with van der Waals surface area (Å²) in [7, 11) is 0. The Hall–Kier alpha value is -1.57. The summed E-state index contributed by atoms with van der Waals surface area (Å²) in [5.41, 5.74) is 0. The molecule has 7 heteroatoms. The van der Waals surface area contributed by atoms with Gasteiger partial charge in [0.1, 0.15) is 5.76 Å². The molecule has 1 aromatic rings. The highest BCUT2D eigenvalue weighted by atomic mass is 16.5. The van der Waals surface area contributed by atoms with E-state index in [1.807, 2.05) is 12.1 Å². The smallest absolute Gasteiger partial charge is 0.194 e. The first kappa shape index (κ1) is 20.7. The molecule has 3 saturated heterocycles. The Bertz CT molecular complexity index is 602. The molecule has 0 radical (unpaired) electrons. The van der Waals surface area contributed by atoms with Gasteiger partial charge in [-0.25, -0.2) is 0 Å². The topological polar surface area (TPSA) is 68.5 Å². The highest BCUT2D eigenvalue weighted by Crippen LogP contribution is 2.18. The second kappa shape index (κ2) is 11.0. The van der Waals surface area contributed by atoms with E-state index in [0.29, 0.717) is 12.2 Å². The van der Waals surface area contributed by atoms with Crippen LogP contribution in [0, 0.1) is 0 Å². The Morgan fingerprint density at radius 1 is 1.10 bits per heavy atom. The fourth-order valence-corrected chi connectivity index (χ4v) is 4.25. The summed E-state index contributed by atoms with van der Waals surface area (Å²) in [4.78, 5) is 7.26. The molecule has 0 aromatic carbocycles. The van der Waals surface area contributed by atoms with Crippen LogP contribution in [0.5, 0.6) is 0 Å². The lowest BCUT2D eigenvalue weighted by Gasteiger charge is -2.34. The molecule has 4 heterocycles. The lowest BCUT2D eigenvalue weighted by Crippen LogP contribution is -2.48. The fraction of sp³-hybridized carbons (Fsp3) is 0.773. The molecule has 0 saturated carbocycles. The number of furan rings is 1. The van der Waals surface area contributed by atoms with Crippen LogP contribution in [0.3, 0.4) is 0 Å². The maximum Gasteiger partial charge on any atom is 0.194 e. The largest absolute Gasteiger partial charge is 0.469 e. The van der Waals surface area contributed by atoms with Crippen LogP contribution < -0.4 is 5.32 Å². The zero-order valence-electron chi connectivity index (χ0n) is 17.4. The molecule has 3 aliphatic rings. The van der Waals surface area contributed by atoms with Crippen molar-refractivity contribution in [2.24, 2.45) is 4.99 Å². The van der Waals surface area contributed by atoms with Gasteiger partial charge < -0.3 is 28.8 Å². The van der Waals surface area contributed by atoms with Crippen molar-refractivity contribution in [3.63, 3.8) is 0 Å². The average Bonchev–Trinajstić information content (AvgIpc) is 3.53. The van der Waals surface area contributed by atoms with Gasteiger partial charge in [-0.15, -0.1) is 0 Å². The Balaban J connectivity index is 1.25. The SMILES string of the molecule is c1coc(CCNC(=NCC2CCCO2)N2CCC(OCC3CCCO3)CC2)c1. The Morgan fingerprint density at radius 2 is 1.90 bits per heavy atom. The third-order valence-corrected chi connectivity index (χ3v) is 5.99. The molecule has 2 unspecified atom stereocenters. The van der Waals surface area contributed by atoms with E-state index < -0.39 is 0 Å². The molecule has 2 atom stereocenters. The van der Waals surface area contributed by atoms with Crippen molar-refractivity contribution in [2.45, 2.75) is 63.3 Å². The van der Waals surface area contributed by atoms with Gasteiger partial charge in [0.15, 0.2) is 5.96 Å². The molecule has 162 valence electrons. The first-order valence-electron chi connectivity index (χ1n) is 11.3. The lowest BCUT2D eigenvalue weighted by molar-refractivity contribution is -0.0367. The molecule has 0 aliphatic carbocycles. The number of hydrogen-bond donors (Lipinski definition) is 1. The van der Waals surface area contributed by atoms with Gasteiger partial charge in [-0.2, -0.15) is 0 Å². The van der Waals surface area contributed by atoms with Crippen molar-refractivity contribution < 1.29 is 18.6 Å². The van der Waals surface area contributed by atoms with Crippen molar-refractivity contribution in [2.75, 3.05) is 46.0 Å². The van der Waals surface area contributed by atoms with Crippen molar-refractivity contribution in [3.05, 3.63) is 24.2 Å². The summed E-state index contributed by atoms with van der Waals surface area (Å²) in [5.74, 6) is 1.99. The van der Waals surface area contributed by atoms with E-state index >= 15 is 0 Å². The molecule has 0 spiro atoms. The maximum atomic E-state index is 6.12. The normalized spacial score (nSPS) is 26.3. The van der Waals surface area contributed by atoms with E-state index in [-0.39, 0.29) is 6.10 Å². The second-order valence-electron chi connectivity index (χ2n) is 8.21. The number of aliphatic imine (C=N–C) groups is 1. The van der Waals surface area contributed by atoms with E-state index in [0.717, 1.165) is 96.2 Å². The molecule has 0 bridgehead atoms. The van der Waals surface area contributed by atoms with Crippen molar-refractivity contribution in [1.82, 2.24) is 10.2 Å². The predicted molar refractivity (Wildman–Crippen MR) is 111 cm³/mol. The zero-order valence-corrected chi connectivity index (χ0v) is 17.4.